The van der Waals surface area contributed by atoms with Crippen molar-refractivity contribution in [3.8, 4) is 0 Å². The van der Waals surface area contributed by atoms with Gasteiger partial charge in [0.1, 0.15) is 18.0 Å². The van der Waals surface area contributed by atoms with Crippen LogP contribution in [0.4, 0.5) is 26.0 Å². The second-order valence-electron chi connectivity index (χ2n) is 5.78. The number of amides is 1. The molecule has 8 nitrogen and oxygen atoms in total. The van der Waals surface area contributed by atoms with Crippen molar-refractivity contribution in [1.29, 1.82) is 0 Å². The third-order valence-corrected chi connectivity index (χ3v) is 6.12. The minimum absolute atomic E-state index is 0.103. The first-order valence-corrected chi connectivity index (χ1v) is 10.5. The molecule has 148 valence electrons. The lowest BCUT2D eigenvalue weighted by atomic mass is 10.2. The van der Waals surface area contributed by atoms with Gasteiger partial charge in [-0.05, 0) is 6.42 Å². The molecular weight excluding hydrogens is 412 g/mol. The fourth-order valence-electron chi connectivity index (χ4n) is 2.46. The molecule has 4 N–H and O–H groups in total. The number of nitrogens with zero attached hydrogens (tertiary/aromatic N) is 2. The fourth-order valence-corrected chi connectivity index (χ4v) is 4.49. The number of fused-ring (bicyclic) bond motifs is 1. The summed E-state index contributed by atoms with van der Waals surface area (Å²) in [5, 5.41) is 3.71. The Morgan fingerprint density at radius 3 is 2.68 bits per heavy atom. The molecule has 0 fully saturated rings. The summed E-state index contributed by atoms with van der Waals surface area (Å²) in [7, 11) is -3.84. The molecular formula is C16H15F2N5O3S2. The number of nitrogens with one attached hydrogen (secondary N) is 2. The van der Waals surface area contributed by atoms with Gasteiger partial charge in [0.25, 0.3) is 5.91 Å². The number of nitrogens with two attached hydrogens (primary N) is 1. The first kappa shape index (κ1) is 19.9. The molecule has 1 amide bonds. The van der Waals surface area contributed by atoms with E-state index in [2.05, 4.69) is 15.3 Å². The lowest BCUT2D eigenvalue weighted by Crippen LogP contribution is -2.19. The molecule has 0 bridgehead atoms. The number of sulfonamides is 1. The highest BCUT2D eigenvalue weighted by atomic mass is 32.2. The van der Waals surface area contributed by atoms with Gasteiger partial charge in [0, 0.05) is 17.5 Å². The first-order valence-electron chi connectivity index (χ1n) is 8.00. The number of halogens is 2. The van der Waals surface area contributed by atoms with Gasteiger partial charge >= 0.3 is 0 Å². The highest BCUT2D eigenvalue weighted by molar-refractivity contribution is 7.92. The number of aromatic nitrogens is 2. The molecule has 3 rings (SSSR count). The predicted molar refractivity (Wildman–Crippen MR) is 104 cm³/mol. The van der Waals surface area contributed by atoms with Crippen molar-refractivity contribution in [3.05, 3.63) is 41.0 Å². The molecule has 0 saturated carbocycles. The lowest BCUT2D eigenvalue weighted by Gasteiger charge is -2.12. The van der Waals surface area contributed by atoms with Crippen LogP contribution in [0, 0.1) is 11.6 Å². The molecule has 12 heteroatoms. The number of carbonyl (C=O) groups excluding carboxylic acids is 1. The molecule has 0 atom stereocenters. The smallest absolute Gasteiger partial charge is 0.258 e. The normalized spacial score (nSPS) is 11.5. The van der Waals surface area contributed by atoms with Crippen molar-refractivity contribution in [1.82, 2.24) is 9.97 Å². The molecule has 0 aliphatic heterocycles. The van der Waals surface area contributed by atoms with E-state index in [4.69, 9.17) is 5.73 Å². The van der Waals surface area contributed by atoms with Crippen molar-refractivity contribution in [3.63, 3.8) is 0 Å². The maximum absolute atomic E-state index is 14.7. The number of nitrogen functional groups attached to an aromatic ring is 1. The third-order valence-electron chi connectivity index (χ3n) is 3.65. The Balaban J connectivity index is 1.93. The minimum atomic E-state index is -3.84. The van der Waals surface area contributed by atoms with E-state index in [0.29, 0.717) is 17.2 Å². The van der Waals surface area contributed by atoms with Crippen LogP contribution in [0.25, 0.3) is 10.2 Å². The van der Waals surface area contributed by atoms with Crippen LogP contribution >= 0.6 is 11.3 Å². The number of rotatable bonds is 6. The Hall–Kier alpha value is -2.86. The van der Waals surface area contributed by atoms with E-state index in [1.165, 1.54) is 11.7 Å². The topological polar surface area (TPSA) is 127 Å². The van der Waals surface area contributed by atoms with Crippen molar-refractivity contribution in [2.75, 3.05) is 21.5 Å². The van der Waals surface area contributed by atoms with Gasteiger partial charge in [0.2, 0.25) is 10.0 Å². The number of benzene rings is 1. The summed E-state index contributed by atoms with van der Waals surface area (Å²) in [6.07, 6.45) is 1.48. The number of thiophene rings is 1. The molecule has 2 aromatic heterocycles. The summed E-state index contributed by atoms with van der Waals surface area (Å²) in [4.78, 5) is 20.3. The van der Waals surface area contributed by atoms with E-state index in [-0.39, 0.29) is 22.7 Å². The van der Waals surface area contributed by atoms with Crippen molar-refractivity contribution in [2.45, 2.75) is 13.3 Å². The van der Waals surface area contributed by atoms with Crippen LogP contribution in [0.1, 0.15) is 23.7 Å². The molecule has 0 saturated heterocycles. The highest BCUT2D eigenvalue weighted by Gasteiger charge is 2.20. The van der Waals surface area contributed by atoms with Crippen molar-refractivity contribution < 1.29 is 22.0 Å². The second-order valence-corrected chi connectivity index (χ2v) is 8.50. The number of hydrogen-bond acceptors (Lipinski definition) is 7. The summed E-state index contributed by atoms with van der Waals surface area (Å²) in [6, 6.07) is 1.45. The van der Waals surface area contributed by atoms with E-state index in [1.807, 2.05) is 4.72 Å². The summed E-state index contributed by atoms with van der Waals surface area (Å²) < 4.78 is 54.7. The van der Waals surface area contributed by atoms with E-state index < -0.39 is 38.9 Å². The van der Waals surface area contributed by atoms with Crippen LogP contribution in [0.15, 0.2) is 23.8 Å². The van der Waals surface area contributed by atoms with E-state index in [1.54, 1.807) is 6.92 Å². The quantitative estimate of drug-likeness (QED) is 0.555. The van der Waals surface area contributed by atoms with Crippen LogP contribution in [0.3, 0.4) is 0 Å². The summed E-state index contributed by atoms with van der Waals surface area (Å²) >= 11 is 1.13. The van der Waals surface area contributed by atoms with Crippen LogP contribution in [0.5, 0.6) is 0 Å². The maximum Gasteiger partial charge on any atom is 0.258 e. The summed E-state index contributed by atoms with van der Waals surface area (Å²) in [6.45, 7) is 1.63. The Kier molecular flexibility index (Phi) is 5.42. The van der Waals surface area contributed by atoms with Crippen LogP contribution in [0.2, 0.25) is 0 Å². The molecule has 0 unspecified atom stereocenters. The zero-order chi connectivity index (χ0) is 20.5. The van der Waals surface area contributed by atoms with Gasteiger partial charge in [0.05, 0.1) is 32.9 Å². The van der Waals surface area contributed by atoms with Gasteiger partial charge in [-0.25, -0.2) is 27.2 Å². The monoisotopic (exact) mass is 427 g/mol. The highest BCUT2D eigenvalue weighted by Crippen LogP contribution is 2.30. The Morgan fingerprint density at radius 1 is 1.25 bits per heavy atom. The largest absolute Gasteiger partial charge is 0.382 e. The standard InChI is InChI=1S/C16H15F2N5O3S2/c1-2-3-28(25,26)23-11-5-8(17)4-10(12(11)18)22-16(24)9-6-27-14-13(9)20-7-21-15(14)19/h4-7,23H,2-3H2,1H3,(H,22,24)(H2,19,20,21). The van der Waals surface area contributed by atoms with E-state index in [0.717, 1.165) is 17.4 Å². The SMILES string of the molecule is CCCS(=O)(=O)Nc1cc(F)cc(NC(=O)c2csc3c(N)ncnc23)c1F. The van der Waals surface area contributed by atoms with Gasteiger partial charge in [-0.2, -0.15) is 0 Å². The van der Waals surface area contributed by atoms with Gasteiger partial charge in [-0.15, -0.1) is 11.3 Å². The van der Waals surface area contributed by atoms with Crippen LogP contribution in [-0.4, -0.2) is 30.0 Å². The first-order chi connectivity index (χ1) is 13.2. The average molecular weight is 427 g/mol. The van der Waals surface area contributed by atoms with Crippen LogP contribution in [-0.2, 0) is 10.0 Å². The van der Waals surface area contributed by atoms with Gasteiger partial charge in [0.15, 0.2) is 5.82 Å². The predicted octanol–water partition coefficient (Wildman–Crippen LogP) is 2.96. The van der Waals surface area contributed by atoms with Gasteiger partial charge in [-0.1, -0.05) is 6.92 Å². The molecule has 2 heterocycles. The summed E-state index contributed by atoms with van der Waals surface area (Å²) in [5.41, 5.74) is 4.99. The number of carbonyl (C=O) groups is 1. The van der Waals surface area contributed by atoms with Gasteiger partial charge < -0.3 is 11.1 Å². The van der Waals surface area contributed by atoms with E-state index in [9.17, 15) is 22.0 Å². The van der Waals surface area contributed by atoms with Crippen molar-refractivity contribution >= 4 is 54.7 Å². The zero-order valence-corrected chi connectivity index (χ0v) is 16.1. The Labute approximate surface area is 162 Å². The maximum atomic E-state index is 14.7. The average Bonchev–Trinajstić information content (AvgIpc) is 3.04. The molecule has 28 heavy (non-hydrogen) atoms. The molecule has 0 aliphatic rings. The second kappa shape index (κ2) is 7.64. The van der Waals surface area contributed by atoms with Crippen molar-refractivity contribution in [2.24, 2.45) is 0 Å². The zero-order valence-electron chi connectivity index (χ0n) is 14.5. The third kappa shape index (κ3) is 4.02. The van der Waals surface area contributed by atoms with E-state index >= 15 is 0 Å². The molecule has 0 spiro atoms. The summed E-state index contributed by atoms with van der Waals surface area (Å²) in [5.74, 6) is -2.85. The Bertz CT molecular complexity index is 1160. The lowest BCUT2D eigenvalue weighted by molar-refractivity contribution is 0.102. The molecule has 0 aliphatic carbocycles. The minimum Gasteiger partial charge on any atom is -0.382 e. The number of hydrogen-bond donors (Lipinski definition) is 3. The Morgan fingerprint density at radius 2 is 1.96 bits per heavy atom. The van der Waals surface area contributed by atoms with Crippen LogP contribution < -0.4 is 15.8 Å². The molecule has 0 radical (unpaired) electrons. The number of anilines is 3. The molecule has 3 aromatic rings. The fraction of sp³-hybridized carbons (Fsp3) is 0.188. The molecule has 1 aromatic carbocycles. The van der Waals surface area contributed by atoms with Gasteiger partial charge in [-0.3, -0.25) is 9.52 Å².